The van der Waals surface area contributed by atoms with Crippen molar-refractivity contribution in [3.05, 3.63) is 0 Å². The number of aliphatic hydroxyl groups is 1. The maximum atomic E-state index is 13.0. The summed E-state index contributed by atoms with van der Waals surface area (Å²) >= 11 is 0. The van der Waals surface area contributed by atoms with Crippen LogP contribution in [0.25, 0.3) is 0 Å². The number of unbranched alkanes of at least 4 members (excludes halogenated alkanes) is 35. The van der Waals surface area contributed by atoms with Crippen LogP contribution in [0, 0.1) is 17.8 Å². The quantitative estimate of drug-likeness (QED) is 0.0222. The van der Waals surface area contributed by atoms with E-state index in [-0.39, 0.29) is 25.7 Å². The molecule has 3 N–H and O–H groups in total. The molecule has 0 aromatic carbocycles. The molecular weight excluding hydrogens is 1190 g/mol. The van der Waals surface area contributed by atoms with Gasteiger partial charge in [0.25, 0.3) is 0 Å². The number of rotatable bonds is 69. The van der Waals surface area contributed by atoms with Gasteiger partial charge in [0, 0.05) is 25.7 Å². The van der Waals surface area contributed by atoms with Crippen LogP contribution < -0.4 is 0 Å². The van der Waals surface area contributed by atoms with Gasteiger partial charge in [-0.2, -0.15) is 0 Å². The van der Waals surface area contributed by atoms with E-state index >= 15 is 0 Å². The minimum absolute atomic E-state index is 0.102. The van der Waals surface area contributed by atoms with Crippen LogP contribution in [-0.4, -0.2) is 96.7 Å². The Morgan fingerprint density at radius 2 is 0.567 bits per heavy atom. The van der Waals surface area contributed by atoms with E-state index in [1.807, 2.05) is 0 Å². The van der Waals surface area contributed by atoms with E-state index in [9.17, 15) is 43.2 Å². The largest absolute Gasteiger partial charge is 0.472 e. The molecule has 0 aromatic heterocycles. The topological polar surface area (TPSA) is 237 Å². The number of esters is 4. The normalized spacial score (nSPS) is 14.8. The highest BCUT2D eigenvalue weighted by molar-refractivity contribution is 7.47. The third-order valence-electron chi connectivity index (χ3n) is 17.1. The highest BCUT2D eigenvalue weighted by Crippen LogP contribution is 2.45. The average Bonchev–Trinajstić information content (AvgIpc) is 3.10. The number of aliphatic hydroxyl groups excluding tert-OH is 1. The molecule has 17 nitrogen and oxygen atoms in total. The van der Waals surface area contributed by atoms with Crippen LogP contribution in [0.2, 0.25) is 0 Å². The first kappa shape index (κ1) is 88.1. The number of ether oxygens (including phenoxy) is 4. The Morgan fingerprint density at radius 1 is 0.322 bits per heavy atom. The molecule has 0 spiro atoms. The first-order valence-corrected chi connectivity index (χ1v) is 39.9. The lowest BCUT2D eigenvalue weighted by molar-refractivity contribution is -0.161. The molecule has 0 saturated heterocycles. The molecule has 0 bridgehead atoms. The van der Waals surface area contributed by atoms with E-state index in [0.717, 1.165) is 120 Å². The Bertz CT molecular complexity index is 1770. The molecule has 0 radical (unpaired) electrons. The predicted octanol–water partition coefficient (Wildman–Crippen LogP) is 20.2. The molecule has 4 unspecified atom stereocenters. The average molecular weight is 1330 g/mol. The number of hydrogen-bond acceptors (Lipinski definition) is 15. The lowest BCUT2D eigenvalue weighted by Crippen LogP contribution is -2.30. The first-order valence-electron chi connectivity index (χ1n) is 36.9. The Morgan fingerprint density at radius 3 is 0.844 bits per heavy atom. The third-order valence-corrected chi connectivity index (χ3v) is 19.0. The predicted molar refractivity (Wildman–Crippen MR) is 363 cm³/mol. The summed E-state index contributed by atoms with van der Waals surface area (Å²) < 4.78 is 68.2. The second-order valence-electron chi connectivity index (χ2n) is 26.6. The van der Waals surface area contributed by atoms with Gasteiger partial charge in [-0.05, 0) is 43.4 Å². The summed E-state index contributed by atoms with van der Waals surface area (Å²) in [7, 11) is -9.90. The fourth-order valence-corrected chi connectivity index (χ4v) is 12.2. The van der Waals surface area contributed by atoms with Gasteiger partial charge < -0.3 is 33.8 Å². The zero-order valence-corrected chi connectivity index (χ0v) is 60.4. The molecule has 0 heterocycles. The fraction of sp³-hybridized carbons (Fsp3) is 0.944. The van der Waals surface area contributed by atoms with Crippen molar-refractivity contribution in [2.75, 3.05) is 39.6 Å². The molecule has 0 amide bonds. The summed E-state index contributed by atoms with van der Waals surface area (Å²) in [4.78, 5) is 72.4. The summed E-state index contributed by atoms with van der Waals surface area (Å²) in [5.74, 6) is 0.207. The van der Waals surface area contributed by atoms with E-state index in [2.05, 4.69) is 48.5 Å². The van der Waals surface area contributed by atoms with Gasteiger partial charge in [-0.25, -0.2) is 9.13 Å². The van der Waals surface area contributed by atoms with Crippen LogP contribution in [-0.2, 0) is 65.4 Å². The minimum atomic E-state index is -4.95. The molecule has 534 valence electrons. The monoisotopic (exact) mass is 1320 g/mol. The standard InChI is InChI=1S/C71H138O17P2/c1-8-11-12-13-28-38-45-52-68(73)81-58-67(88-71(76)55-48-41-34-33-37-44-51-64(7)10-3)61-86-90(79,80)84-57-65(72)56-83-89(77,78)85-60-66(59-82-69(74)53-46-39-31-26-23-22-25-30-36-43-50-63(6)9-2)87-70(75)54-47-40-32-27-21-19-17-15-14-16-18-20-24-29-35-42-49-62(4)5/h62-67,72H,8-61H2,1-7H3,(H,77,78)(H,79,80)/t63?,64?,65-,66-,67-/m1/s1. The summed E-state index contributed by atoms with van der Waals surface area (Å²) in [6.07, 6.45) is 46.0. The molecule has 0 aliphatic carbocycles. The number of phosphoric acid groups is 2. The smallest absolute Gasteiger partial charge is 0.462 e. The van der Waals surface area contributed by atoms with Crippen molar-refractivity contribution >= 4 is 39.5 Å². The molecule has 7 atom stereocenters. The van der Waals surface area contributed by atoms with Crippen LogP contribution in [0.1, 0.15) is 357 Å². The van der Waals surface area contributed by atoms with Crippen LogP contribution in [0.15, 0.2) is 0 Å². The van der Waals surface area contributed by atoms with Crippen molar-refractivity contribution in [3.8, 4) is 0 Å². The van der Waals surface area contributed by atoms with Crippen molar-refractivity contribution < 1.29 is 80.2 Å². The maximum Gasteiger partial charge on any atom is 0.472 e. The molecule has 0 aliphatic heterocycles. The molecular formula is C71H138O17P2. The Labute approximate surface area is 549 Å². The Kier molecular flexibility index (Phi) is 60.6. The van der Waals surface area contributed by atoms with Gasteiger partial charge in [0.1, 0.15) is 19.3 Å². The van der Waals surface area contributed by atoms with Crippen LogP contribution in [0.3, 0.4) is 0 Å². The van der Waals surface area contributed by atoms with E-state index in [1.165, 1.54) is 154 Å². The molecule has 0 aromatic rings. The Balaban J connectivity index is 5.19. The fourth-order valence-electron chi connectivity index (χ4n) is 10.7. The van der Waals surface area contributed by atoms with E-state index in [1.54, 1.807) is 0 Å². The van der Waals surface area contributed by atoms with Gasteiger partial charge in [0.05, 0.1) is 26.4 Å². The van der Waals surface area contributed by atoms with E-state index in [0.29, 0.717) is 25.7 Å². The van der Waals surface area contributed by atoms with Crippen LogP contribution in [0.4, 0.5) is 0 Å². The molecule has 19 heteroatoms. The SMILES string of the molecule is CCCCCCCCCC(=O)OC[C@H](COP(=O)(O)OC[C@H](O)COP(=O)(O)OC[C@@H](COC(=O)CCCCCCCCCCCCC(C)CC)OC(=O)CCCCCCCCCCCCCCCCCCC(C)C)OC(=O)CCCCCCCCC(C)CC. The van der Waals surface area contributed by atoms with Crippen molar-refractivity contribution in [2.24, 2.45) is 17.8 Å². The molecule has 90 heavy (non-hydrogen) atoms. The van der Waals surface area contributed by atoms with Gasteiger partial charge in [-0.15, -0.1) is 0 Å². The van der Waals surface area contributed by atoms with Crippen molar-refractivity contribution in [1.29, 1.82) is 0 Å². The Hall–Kier alpha value is -1.94. The highest BCUT2D eigenvalue weighted by Gasteiger charge is 2.30. The van der Waals surface area contributed by atoms with E-state index < -0.39 is 97.5 Å². The summed E-state index contributed by atoms with van der Waals surface area (Å²) in [6, 6.07) is 0. The van der Waals surface area contributed by atoms with E-state index in [4.69, 9.17) is 37.0 Å². The van der Waals surface area contributed by atoms with Crippen LogP contribution in [0.5, 0.6) is 0 Å². The van der Waals surface area contributed by atoms with Crippen molar-refractivity contribution in [3.63, 3.8) is 0 Å². The maximum absolute atomic E-state index is 13.0. The van der Waals surface area contributed by atoms with Gasteiger partial charge in [0.2, 0.25) is 0 Å². The van der Waals surface area contributed by atoms with Crippen molar-refractivity contribution in [2.45, 2.75) is 375 Å². The lowest BCUT2D eigenvalue weighted by atomic mass is 9.99. The van der Waals surface area contributed by atoms with Gasteiger partial charge in [-0.1, -0.05) is 305 Å². The summed E-state index contributed by atoms with van der Waals surface area (Å²) in [5, 5.41) is 10.6. The number of phosphoric ester groups is 2. The number of carbonyl (C=O) groups is 4. The third kappa shape index (κ3) is 62.2. The summed E-state index contributed by atoms with van der Waals surface area (Å²) in [6.45, 7) is 11.8. The highest BCUT2D eigenvalue weighted by atomic mass is 31.2. The van der Waals surface area contributed by atoms with Crippen LogP contribution >= 0.6 is 15.6 Å². The van der Waals surface area contributed by atoms with Crippen molar-refractivity contribution in [1.82, 2.24) is 0 Å². The molecule has 0 aliphatic rings. The number of carbonyl (C=O) groups excluding carboxylic acids is 4. The van der Waals surface area contributed by atoms with Gasteiger partial charge >= 0.3 is 39.5 Å². The second kappa shape index (κ2) is 61.9. The molecule has 0 fully saturated rings. The minimum Gasteiger partial charge on any atom is -0.462 e. The first-order chi connectivity index (χ1) is 43.3. The molecule has 0 saturated carbocycles. The lowest BCUT2D eigenvalue weighted by Gasteiger charge is -2.21. The van der Waals surface area contributed by atoms with Gasteiger partial charge in [0.15, 0.2) is 12.2 Å². The summed E-state index contributed by atoms with van der Waals surface area (Å²) in [5.41, 5.74) is 0. The second-order valence-corrected chi connectivity index (χ2v) is 29.5. The molecule has 0 rings (SSSR count). The zero-order chi connectivity index (χ0) is 66.6. The van der Waals surface area contributed by atoms with Gasteiger partial charge in [-0.3, -0.25) is 37.3 Å². The zero-order valence-electron chi connectivity index (χ0n) is 58.6. The number of hydrogen-bond donors (Lipinski definition) is 3.